The fraction of sp³-hybridized carbons (Fsp3) is 0.348. The van der Waals surface area contributed by atoms with Crippen molar-refractivity contribution >= 4 is 5.91 Å². The molecule has 1 aromatic carbocycles. The van der Waals surface area contributed by atoms with Gasteiger partial charge in [-0.2, -0.15) is 5.10 Å². The first kappa shape index (κ1) is 19.8. The zero-order valence-electron chi connectivity index (χ0n) is 17.2. The molecule has 0 saturated carbocycles. The minimum atomic E-state index is -0.0992. The Morgan fingerprint density at radius 3 is 2.36 bits per heavy atom. The fourth-order valence-corrected chi connectivity index (χ4v) is 3.37. The molecule has 0 bridgehead atoms. The Morgan fingerprint density at radius 2 is 1.75 bits per heavy atom. The molecule has 1 amide bonds. The molecule has 28 heavy (non-hydrogen) atoms. The number of carbonyl (C=O) groups is 1. The number of rotatable bonds is 6. The second-order valence-electron chi connectivity index (χ2n) is 7.66. The highest BCUT2D eigenvalue weighted by Crippen LogP contribution is 2.30. The lowest BCUT2D eigenvalue weighted by molar-refractivity contribution is 0.0947. The van der Waals surface area contributed by atoms with Gasteiger partial charge in [-0.1, -0.05) is 52.0 Å². The molecule has 3 rings (SSSR count). The zero-order valence-corrected chi connectivity index (χ0v) is 17.2. The van der Waals surface area contributed by atoms with Gasteiger partial charge in [0.25, 0.3) is 5.91 Å². The first-order chi connectivity index (χ1) is 13.4. The zero-order chi connectivity index (χ0) is 20.3. The van der Waals surface area contributed by atoms with Crippen molar-refractivity contribution in [1.82, 2.24) is 20.1 Å². The molecule has 146 valence electrons. The summed E-state index contributed by atoms with van der Waals surface area (Å²) in [6.07, 6.45) is 1.73. The summed E-state index contributed by atoms with van der Waals surface area (Å²) in [5.41, 5.74) is 5.42. The summed E-state index contributed by atoms with van der Waals surface area (Å²) >= 11 is 0. The summed E-state index contributed by atoms with van der Waals surface area (Å²) in [6.45, 7) is 10.8. The van der Waals surface area contributed by atoms with Gasteiger partial charge in [0.2, 0.25) is 0 Å². The number of aryl methyl sites for hydroxylation is 1. The van der Waals surface area contributed by atoms with E-state index in [2.05, 4.69) is 51.0 Å². The van der Waals surface area contributed by atoms with Crippen molar-refractivity contribution in [3.8, 4) is 5.69 Å². The Kier molecular flexibility index (Phi) is 5.93. The Balaban J connectivity index is 2.06. The summed E-state index contributed by atoms with van der Waals surface area (Å²) in [7, 11) is 0. The Morgan fingerprint density at radius 1 is 1.04 bits per heavy atom. The van der Waals surface area contributed by atoms with Crippen molar-refractivity contribution < 1.29 is 4.79 Å². The van der Waals surface area contributed by atoms with Crippen LogP contribution in [0.2, 0.25) is 0 Å². The van der Waals surface area contributed by atoms with Crippen LogP contribution in [0.15, 0.2) is 48.7 Å². The van der Waals surface area contributed by atoms with Crippen LogP contribution in [0.4, 0.5) is 0 Å². The molecule has 0 radical (unpaired) electrons. The minimum Gasteiger partial charge on any atom is -0.346 e. The van der Waals surface area contributed by atoms with Crippen molar-refractivity contribution in [3.05, 3.63) is 76.9 Å². The lowest BCUT2D eigenvalue weighted by Gasteiger charge is -2.14. The lowest BCUT2D eigenvalue weighted by Crippen LogP contribution is -2.25. The largest absolute Gasteiger partial charge is 0.346 e. The molecule has 0 saturated heterocycles. The van der Waals surface area contributed by atoms with E-state index in [4.69, 9.17) is 5.10 Å². The summed E-state index contributed by atoms with van der Waals surface area (Å²) in [4.78, 5) is 17.5. The van der Waals surface area contributed by atoms with Crippen molar-refractivity contribution in [3.63, 3.8) is 0 Å². The Labute approximate surface area is 166 Å². The number of benzene rings is 1. The van der Waals surface area contributed by atoms with Crippen LogP contribution in [-0.2, 0) is 6.54 Å². The summed E-state index contributed by atoms with van der Waals surface area (Å²) in [5.74, 6) is 0.187. The summed E-state index contributed by atoms with van der Waals surface area (Å²) < 4.78 is 1.95. The van der Waals surface area contributed by atoms with Gasteiger partial charge in [0.1, 0.15) is 0 Å². The van der Waals surface area contributed by atoms with Crippen LogP contribution in [0.1, 0.15) is 72.5 Å². The third-order valence-corrected chi connectivity index (χ3v) is 4.77. The molecular formula is C23H28N4O. The van der Waals surface area contributed by atoms with Gasteiger partial charge in [-0.25, -0.2) is 4.68 Å². The molecule has 0 unspecified atom stereocenters. The fourth-order valence-electron chi connectivity index (χ4n) is 3.37. The quantitative estimate of drug-likeness (QED) is 0.675. The third kappa shape index (κ3) is 3.98. The number of aromatic nitrogens is 3. The van der Waals surface area contributed by atoms with Crippen LogP contribution in [-0.4, -0.2) is 20.7 Å². The average molecular weight is 377 g/mol. The van der Waals surface area contributed by atoms with Crippen LogP contribution in [0, 0.1) is 6.92 Å². The van der Waals surface area contributed by atoms with Crippen molar-refractivity contribution in [1.29, 1.82) is 0 Å². The molecule has 5 heteroatoms. The van der Waals surface area contributed by atoms with E-state index < -0.39 is 0 Å². The second-order valence-corrected chi connectivity index (χ2v) is 7.66. The predicted octanol–water partition coefficient (Wildman–Crippen LogP) is 4.75. The molecule has 0 aliphatic rings. The molecule has 2 heterocycles. The molecule has 5 nitrogen and oxygen atoms in total. The predicted molar refractivity (Wildman–Crippen MR) is 112 cm³/mol. The van der Waals surface area contributed by atoms with Crippen molar-refractivity contribution in [2.75, 3.05) is 0 Å². The van der Waals surface area contributed by atoms with Gasteiger partial charge in [-0.05, 0) is 42.5 Å². The van der Waals surface area contributed by atoms with E-state index in [9.17, 15) is 4.79 Å². The highest BCUT2D eigenvalue weighted by atomic mass is 16.1. The number of nitrogens with one attached hydrogen (secondary N) is 1. The van der Waals surface area contributed by atoms with Gasteiger partial charge in [0.05, 0.1) is 34.9 Å². The molecule has 1 N–H and O–H groups in total. The van der Waals surface area contributed by atoms with E-state index in [0.29, 0.717) is 12.1 Å². The molecule has 0 atom stereocenters. The molecule has 0 aliphatic heterocycles. The van der Waals surface area contributed by atoms with E-state index in [1.54, 1.807) is 6.20 Å². The number of carbonyl (C=O) groups excluding carboxylic acids is 1. The van der Waals surface area contributed by atoms with Crippen molar-refractivity contribution in [2.24, 2.45) is 0 Å². The molecule has 0 aliphatic carbocycles. The maximum absolute atomic E-state index is 13.2. The van der Waals surface area contributed by atoms with E-state index in [1.165, 1.54) is 0 Å². The van der Waals surface area contributed by atoms with Gasteiger partial charge in [-0.3, -0.25) is 9.78 Å². The van der Waals surface area contributed by atoms with E-state index in [0.717, 1.165) is 28.3 Å². The van der Waals surface area contributed by atoms with E-state index >= 15 is 0 Å². The Hall–Kier alpha value is -2.95. The smallest absolute Gasteiger partial charge is 0.255 e. The van der Waals surface area contributed by atoms with Gasteiger partial charge >= 0.3 is 0 Å². The number of para-hydroxylation sites is 1. The number of pyridine rings is 1. The topological polar surface area (TPSA) is 59.8 Å². The molecule has 3 aromatic rings. The van der Waals surface area contributed by atoms with Crippen LogP contribution >= 0.6 is 0 Å². The first-order valence-corrected chi connectivity index (χ1v) is 9.77. The van der Waals surface area contributed by atoms with Gasteiger partial charge < -0.3 is 5.32 Å². The minimum absolute atomic E-state index is 0.0992. The van der Waals surface area contributed by atoms with Gasteiger partial charge in [0, 0.05) is 6.20 Å². The highest BCUT2D eigenvalue weighted by Gasteiger charge is 2.28. The summed E-state index contributed by atoms with van der Waals surface area (Å²) in [6, 6.07) is 13.8. The van der Waals surface area contributed by atoms with Crippen LogP contribution in [0.25, 0.3) is 5.69 Å². The van der Waals surface area contributed by atoms with Crippen LogP contribution < -0.4 is 5.32 Å². The van der Waals surface area contributed by atoms with E-state index in [1.807, 2.05) is 41.1 Å². The maximum Gasteiger partial charge on any atom is 0.255 e. The normalized spacial score (nSPS) is 11.2. The first-order valence-electron chi connectivity index (χ1n) is 9.77. The molecule has 0 fully saturated rings. The van der Waals surface area contributed by atoms with E-state index in [-0.39, 0.29) is 17.7 Å². The van der Waals surface area contributed by atoms with Crippen molar-refractivity contribution in [2.45, 2.75) is 53.0 Å². The lowest BCUT2D eigenvalue weighted by atomic mass is 9.98. The highest BCUT2D eigenvalue weighted by molar-refractivity contribution is 5.97. The van der Waals surface area contributed by atoms with Gasteiger partial charge in [-0.15, -0.1) is 0 Å². The number of nitrogens with zero attached hydrogens (tertiary/aromatic N) is 3. The number of hydrogen-bond acceptors (Lipinski definition) is 3. The molecule has 2 aromatic heterocycles. The van der Waals surface area contributed by atoms with Gasteiger partial charge in [0.15, 0.2) is 0 Å². The third-order valence-electron chi connectivity index (χ3n) is 4.77. The SMILES string of the molecule is Cc1ccccc1-n1nc(C(C)C)c(C(=O)NCc2ccccn2)c1C(C)C. The van der Waals surface area contributed by atoms with Crippen LogP contribution in [0.3, 0.4) is 0 Å². The maximum atomic E-state index is 13.2. The van der Waals surface area contributed by atoms with Crippen LogP contribution in [0.5, 0.6) is 0 Å². The second kappa shape index (κ2) is 8.38. The standard InChI is InChI=1S/C23H28N4O/c1-15(2)21-20(23(28)25-14-18-11-8-9-13-24-18)22(16(3)4)27(26-21)19-12-7-6-10-17(19)5/h6-13,15-16H,14H2,1-5H3,(H,25,28). The molecular weight excluding hydrogens is 348 g/mol. The number of hydrogen-bond donors (Lipinski definition) is 1. The monoisotopic (exact) mass is 376 g/mol. The Bertz CT molecular complexity index is 958. The average Bonchev–Trinajstić information content (AvgIpc) is 3.08. The summed E-state index contributed by atoms with van der Waals surface area (Å²) in [5, 5.41) is 7.91. The number of amides is 1. The molecule has 0 spiro atoms.